The van der Waals surface area contributed by atoms with E-state index in [1.54, 1.807) is 6.20 Å². The lowest BCUT2D eigenvalue weighted by Crippen LogP contribution is -2.30. The lowest BCUT2D eigenvalue weighted by molar-refractivity contribution is -0.121. The van der Waals surface area contributed by atoms with E-state index in [4.69, 9.17) is 4.74 Å². The Morgan fingerprint density at radius 3 is 2.78 bits per heavy atom. The molecule has 1 N–H and O–H groups in total. The molecule has 1 aliphatic rings. The number of nitrogens with zero attached hydrogens (tertiary/aromatic N) is 1. The molecule has 2 heterocycles. The van der Waals surface area contributed by atoms with Crippen molar-refractivity contribution in [2.24, 2.45) is 5.92 Å². The summed E-state index contributed by atoms with van der Waals surface area (Å²) in [5.74, 6) is 0.422. The molecule has 1 aromatic carbocycles. The van der Waals surface area contributed by atoms with Gasteiger partial charge in [-0.3, -0.25) is 9.78 Å². The van der Waals surface area contributed by atoms with Gasteiger partial charge in [-0.25, -0.2) is 0 Å². The van der Waals surface area contributed by atoms with Crippen LogP contribution in [0.25, 0.3) is 0 Å². The van der Waals surface area contributed by atoms with E-state index in [-0.39, 0.29) is 12.0 Å². The fraction of sp³-hybridized carbons (Fsp3) is 0.368. The molecule has 1 saturated heterocycles. The largest absolute Gasteiger partial charge is 0.373 e. The second-order valence-corrected chi connectivity index (χ2v) is 5.88. The SMILES string of the molecule is O=C(CCc1ccccn1)NC[C@@H]1CCO[C@H]1c1ccccc1. The smallest absolute Gasteiger partial charge is 0.220 e. The molecule has 1 aliphatic heterocycles. The number of amides is 1. The van der Waals surface area contributed by atoms with E-state index in [1.807, 2.05) is 36.4 Å². The molecule has 0 bridgehead atoms. The second kappa shape index (κ2) is 7.88. The molecule has 4 heteroatoms. The summed E-state index contributed by atoms with van der Waals surface area (Å²) in [6.45, 7) is 1.43. The highest BCUT2D eigenvalue weighted by atomic mass is 16.5. The first kappa shape index (κ1) is 15.7. The number of aromatic nitrogens is 1. The van der Waals surface area contributed by atoms with Crippen molar-refractivity contribution in [1.82, 2.24) is 10.3 Å². The molecule has 0 saturated carbocycles. The molecule has 3 rings (SSSR count). The molecule has 2 aromatic rings. The maximum absolute atomic E-state index is 12.0. The summed E-state index contributed by atoms with van der Waals surface area (Å²) < 4.78 is 5.85. The van der Waals surface area contributed by atoms with Crippen LogP contribution in [0, 0.1) is 5.92 Å². The van der Waals surface area contributed by atoms with Crippen LogP contribution in [0.15, 0.2) is 54.7 Å². The van der Waals surface area contributed by atoms with Gasteiger partial charge in [0.15, 0.2) is 0 Å². The second-order valence-electron chi connectivity index (χ2n) is 5.88. The Morgan fingerprint density at radius 1 is 1.17 bits per heavy atom. The van der Waals surface area contributed by atoms with Crippen LogP contribution in [0.5, 0.6) is 0 Å². The van der Waals surface area contributed by atoms with E-state index in [9.17, 15) is 4.79 Å². The summed E-state index contributed by atoms with van der Waals surface area (Å²) in [5, 5.41) is 3.05. The zero-order valence-electron chi connectivity index (χ0n) is 13.2. The quantitative estimate of drug-likeness (QED) is 0.892. The normalized spacial score (nSPS) is 20.3. The number of benzene rings is 1. The summed E-state index contributed by atoms with van der Waals surface area (Å²) in [4.78, 5) is 16.3. The van der Waals surface area contributed by atoms with Crippen LogP contribution in [0.3, 0.4) is 0 Å². The van der Waals surface area contributed by atoms with E-state index in [2.05, 4.69) is 22.4 Å². The zero-order chi connectivity index (χ0) is 15.9. The predicted molar refractivity (Wildman–Crippen MR) is 88.8 cm³/mol. The monoisotopic (exact) mass is 310 g/mol. The van der Waals surface area contributed by atoms with Crippen molar-refractivity contribution in [3.05, 3.63) is 66.0 Å². The number of nitrogens with one attached hydrogen (secondary N) is 1. The molecule has 0 spiro atoms. The molecule has 1 amide bonds. The van der Waals surface area contributed by atoms with E-state index < -0.39 is 0 Å². The number of hydrogen-bond acceptors (Lipinski definition) is 3. The van der Waals surface area contributed by atoms with Crippen molar-refractivity contribution in [1.29, 1.82) is 0 Å². The fourth-order valence-corrected chi connectivity index (χ4v) is 2.97. The molecule has 0 radical (unpaired) electrons. The third-order valence-corrected chi connectivity index (χ3v) is 4.24. The molecule has 23 heavy (non-hydrogen) atoms. The average Bonchev–Trinajstić information content (AvgIpc) is 3.08. The first-order valence-electron chi connectivity index (χ1n) is 8.16. The molecule has 1 fully saturated rings. The Kier molecular flexibility index (Phi) is 5.37. The van der Waals surface area contributed by atoms with Gasteiger partial charge in [0.05, 0.1) is 6.10 Å². The van der Waals surface area contributed by atoms with Crippen LogP contribution in [0.2, 0.25) is 0 Å². The van der Waals surface area contributed by atoms with Crippen molar-refractivity contribution in [2.45, 2.75) is 25.4 Å². The number of pyridine rings is 1. The Morgan fingerprint density at radius 2 is 2.00 bits per heavy atom. The van der Waals surface area contributed by atoms with Crippen molar-refractivity contribution < 1.29 is 9.53 Å². The molecule has 0 aliphatic carbocycles. The Bertz CT molecular complexity index is 616. The van der Waals surface area contributed by atoms with Crippen LogP contribution in [0.1, 0.15) is 30.2 Å². The summed E-state index contributed by atoms with van der Waals surface area (Å²) in [7, 11) is 0. The van der Waals surface area contributed by atoms with Gasteiger partial charge in [-0.1, -0.05) is 36.4 Å². The molecule has 1 aromatic heterocycles. The molecule has 0 unspecified atom stereocenters. The van der Waals surface area contributed by atoms with Gasteiger partial charge >= 0.3 is 0 Å². The standard InChI is InChI=1S/C19H22N2O2/c22-18(10-9-17-8-4-5-12-20-17)21-14-16-11-13-23-19(16)15-6-2-1-3-7-15/h1-8,12,16,19H,9-11,13-14H2,(H,21,22)/t16-,19-/m0/s1. The number of ether oxygens (including phenoxy) is 1. The topological polar surface area (TPSA) is 51.2 Å². The van der Waals surface area contributed by atoms with Gasteiger partial charge in [-0.05, 0) is 30.5 Å². The van der Waals surface area contributed by atoms with E-state index in [0.717, 1.165) is 18.7 Å². The summed E-state index contributed by atoms with van der Waals surface area (Å²) in [6.07, 6.45) is 3.98. The van der Waals surface area contributed by atoms with Crippen LogP contribution in [-0.2, 0) is 16.0 Å². The third kappa shape index (κ3) is 4.39. The maximum Gasteiger partial charge on any atom is 0.220 e. The highest BCUT2D eigenvalue weighted by Crippen LogP contribution is 2.33. The molecule has 4 nitrogen and oxygen atoms in total. The van der Waals surface area contributed by atoms with E-state index in [0.29, 0.717) is 25.3 Å². The van der Waals surface area contributed by atoms with Crippen LogP contribution in [-0.4, -0.2) is 24.0 Å². The van der Waals surface area contributed by atoms with Gasteiger partial charge in [0.25, 0.3) is 0 Å². The minimum atomic E-state index is 0.0781. The van der Waals surface area contributed by atoms with Crippen LogP contribution >= 0.6 is 0 Å². The maximum atomic E-state index is 12.0. The Balaban J connectivity index is 1.46. The van der Waals surface area contributed by atoms with E-state index >= 15 is 0 Å². The predicted octanol–water partition coefficient (Wildman–Crippen LogP) is 2.91. The van der Waals surface area contributed by atoms with Crippen molar-refractivity contribution >= 4 is 5.91 Å². The van der Waals surface area contributed by atoms with Gasteiger partial charge in [-0.15, -0.1) is 0 Å². The number of aryl methyl sites for hydroxylation is 1. The minimum absolute atomic E-state index is 0.0781. The van der Waals surface area contributed by atoms with Gasteiger partial charge in [-0.2, -0.15) is 0 Å². The van der Waals surface area contributed by atoms with Gasteiger partial charge in [0.1, 0.15) is 0 Å². The number of hydrogen-bond donors (Lipinski definition) is 1. The van der Waals surface area contributed by atoms with Crippen molar-refractivity contribution in [2.75, 3.05) is 13.2 Å². The van der Waals surface area contributed by atoms with Crippen molar-refractivity contribution in [3.63, 3.8) is 0 Å². The molecule has 120 valence electrons. The lowest BCUT2D eigenvalue weighted by atomic mass is 9.95. The van der Waals surface area contributed by atoms with Gasteiger partial charge in [0, 0.05) is 37.4 Å². The first-order valence-corrected chi connectivity index (χ1v) is 8.16. The number of rotatable bonds is 6. The summed E-state index contributed by atoms with van der Waals surface area (Å²) >= 11 is 0. The van der Waals surface area contributed by atoms with Gasteiger partial charge in [0.2, 0.25) is 5.91 Å². The van der Waals surface area contributed by atoms with Crippen LogP contribution < -0.4 is 5.32 Å². The van der Waals surface area contributed by atoms with Crippen molar-refractivity contribution in [3.8, 4) is 0 Å². The Labute approximate surface area is 136 Å². The van der Waals surface area contributed by atoms with Crippen LogP contribution in [0.4, 0.5) is 0 Å². The fourth-order valence-electron chi connectivity index (χ4n) is 2.97. The van der Waals surface area contributed by atoms with E-state index in [1.165, 1.54) is 5.56 Å². The highest BCUT2D eigenvalue weighted by Gasteiger charge is 2.29. The molecular weight excluding hydrogens is 288 g/mol. The first-order chi connectivity index (χ1) is 11.3. The van der Waals surface area contributed by atoms with Gasteiger partial charge < -0.3 is 10.1 Å². The average molecular weight is 310 g/mol. The minimum Gasteiger partial charge on any atom is -0.373 e. The Hall–Kier alpha value is -2.20. The third-order valence-electron chi connectivity index (χ3n) is 4.24. The molecular formula is C19H22N2O2. The zero-order valence-corrected chi connectivity index (χ0v) is 13.2. The lowest BCUT2D eigenvalue weighted by Gasteiger charge is -2.19. The number of carbonyl (C=O) groups excluding carboxylic acids is 1. The number of carbonyl (C=O) groups is 1. The summed E-state index contributed by atoms with van der Waals surface area (Å²) in [5.41, 5.74) is 2.15. The highest BCUT2D eigenvalue weighted by molar-refractivity contribution is 5.76. The summed E-state index contributed by atoms with van der Waals surface area (Å²) in [6, 6.07) is 16.0. The molecule has 2 atom stereocenters.